The summed E-state index contributed by atoms with van der Waals surface area (Å²) < 4.78 is 1.58. The first-order valence-electron chi connectivity index (χ1n) is 9.50. The third-order valence-corrected chi connectivity index (χ3v) is 5.53. The summed E-state index contributed by atoms with van der Waals surface area (Å²) >= 11 is 6.60. The maximum Gasteiger partial charge on any atom is 0.227 e. The van der Waals surface area contributed by atoms with Crippen molar-refractivity contribution in [3.63, 3.8) is 0 Å². The van der Waals surface area contributed by atoms with Gasteiger partial charge in [0, 0.05) is 36.2 Å². The minimum absolute atomic E-state index is 0.455. The van der Waals surface area contributed by atoms with Crippen molar-refractivity contribution < 1.29 is 10.2 Å². The molecule has 0 unspecified atom stereocenters. The van der Waals surface area contributed by atoms with Gasteiger partial charge in [-0.25, -0.2) is 19.9 Å². The summed E-state index contributed by atoms with van der Waals surface area (Å²) in [6.45, 7) is -0.474. The molecular weight excluding hydrogens is 540 g/mol. The first-order chi connectivity index (χ1) is 15.5. The number of nitrogens with one attached hydrogen (secondary N) is 2. The van der Waals surface area contributed by atoms with E-state index in [2.05, 4.69) is 62.4 Å². The van der Waals surface area contributed by atoms with Crippen LogP contribution in [-0.4, -0.2) is 36.8 Å². The van der Waals surface area contributed by atoms with Crippen LogP contribution in [0.15, 0.2) is 82.3 Å². The normalized spacial score (nSPS) is 11.2. The molecule has 8 nitrogen and oxygen atoms in total. The molecular formula is C22H18Br2N6O2. The maximum absolute atomic E-state index is 11.2. The number of hydrogen-bond acceptors (Lipinski definition) is 8. The number of benzene rings is 2. The Labute approximate surface area is 201 Å². The standard InChI is InChI=1S/C22H18Br2N6O2/c23-16-9-25-20(26-10-16)29-18-5-1-14(2-6-18)22(32,13-31)15-3-7-19(8-4-15)30-21-27-11-17(24)12-28-21/h1-12,31-32H,13H2,(H,25,26,29)(H,27,28,30). The number of aromatic nitrogens is 4. The summed E-state index contributed by atoms with van der Waals surface area (Å²) in [6, 6.07) is 14.2. The Bertz CT molecular complexity index is 1080. The molecule has 0 spiro atoms. The molecule has 2 aromatic heterocycles. The first kappa shape index (κ1) is 22.3. The molecule has 2 heterocycles. The van der Waals surface area contributed by atoms with Gasteiger partial charge in [0.05, 0.1) is 15.6 Å². The van der Waals surface area contributed by atoms with Crippen molar-refractivity contribution >= 4 is 55.1 Å². The molecule has 4 N–H and O–H groups in total. The van der Waals surface area contributed by atoms with Gasteiger partial charge in [0.25, 0.3) is 0 Å². The van der Waals surface area contributed by atoms with Gasteiger partial charge in [-0.3, -0.25) is 0 Å². The average Bonchev–Trinajstić information content (AvgIpc) is 2.82. The molecule has 0 saturated heterocycles. The highest BCUT2D eigenvalue weighted by Gasteiger charge is 2.30. The highest BCUT2D eigenvalue weighted by atomic mass is 79.9. The molecule has 0 aliphatic carbocycles. The number of nitrogens with zero attached hydrogens (tertiary/aromatic N) is 4. The van der Waals surface area contributed by atoms with Crippen LogP contribution < -0.4 is 10.6 Å². The van der Waals surface area contributed by atoms with Gasteiger partial charge in [0.1, 0.15) is 5.60 Å². The molecule has 162 valence electrons. The molecule has 0 amide bonds. The number of rotatable bonds is 7. The van der Waals surface area contributed by atoms with Crippen LogP contribution in [0.4, 0.5) is 23.3 Å². The number of hydrogen-bond donors (Lipinski definition) is 4. The second kappa shape index (κ2) is 9.70. The van der Waals surface area contributed by atoms with Crippen LogP contribution in [0.3, 0.4) is 0 Å². The molecule has 4 rings (SSSR count). The van der Waals surface area contributed by atoms with Gasteiger partial charge in [-0.1, -0.05) is 24.3 Å². The van der Waals surface area contributed by atoms with Crippen LogP contribution in [0.25, 0.3) is 0 Å². The van der Waals surface area contributed by atoms with E-state index in [9.17, 15) is 10.2 Å². The van der Waals surface area contributed by atoms with Gasteiger partial charge in [0.2, 0.25) is 11.9 Å². The van der Waals surface area contributed by atoms with E-state index in [0.717, 1.165) is 20.3 Å². The largest absolute Gasteiger partial charge is 0.393 e. The highest BCUT2D eigenvalue weighted by Crippen LogP contribution is 2.31. The minimum atomic E-state index is -1.56. The lowest BCUT2D eigenvalue weighted by atomic mass is 9.87. The highest BCUT2D eigenvalue weighted by molar-refractivity contribution is 9.10. The number of anilines is 4. The topological polar surface area (TPSA) is 116 Å². The molecule has 10 heteroatoms. The van der Waals surface area contributed by atoms with Crippen LogP contribution >= 0.6 is 31.9 Å². The molecule has 0 fully saturated rings. The Morgan fingerprint density at radius 3 is 1.31 bits per heavy atom. The van der Waals surface area contributed by atoms with Crippen molar-refractivity contribution in [2.45, 2.75) is 5.60 Å². The molecule has 32 heavy (non-hydrogen) atoms. The van der Waals surface area contributed by atoms with E-state index in [-0.39, 0.29) is 0 Å². The monoisotopic (exact) mass is 556 g/mol. The van der Waals surface area contributed by atoms with Gasteiger partial charge < -0.3 is 20.8 Å². The maximum atomic E-state index is 11.2. The van der Waals surface area contributed by atoms with Crippen molar-refractivity contribution in [1.29, 1.82) is 0 Å². The number of halogens is 2. The summed E-state index contributed by atoms with van der Waals surface area (Å²) in [7, 11) is 0. The van der Waals surface area contributed by atoms with Crippen LogP contribution in [0.2, 0.25) is 0 Å². The van der Waals surface area contributed by atoms with E-state index in [4.69, 9.17) is 0 Å². The smallest absolute Gasteiger partial charge is 0.227 e. The fraction of sp³-hybridized carbons (Fsp3) is 0.0909. The second-order valence-electron chi connectivity index (χ2n) is 6.87. The molecule has 0 radical (unpaired) electrons. The quantitative estimate of drug-likeness (QED) is 0.262. The Morgan fingerprint density at radius 1 is 0.656 bits per heavy atom. The number of aliphatic hydroxyl groups is 2. The van der Waals surface area contributed by atoms with Crippen molar-refractivity contribution in [2.24, 2.45) is 0 Å². The minimum Gasteiger partial charge on any atom is -0.393 e. The van der Waals surface area contributed by atoms with Crippen molar-refractivity contribution in [1.82, 2.24) is 19.9 Å². The van der Waals surface area contributed by atoms with Gasteiger partial charge in [-0.2, -0.15) is 0 Å². The zero-order chi connectivity index (χ0) is 22.6. The van der Waals surface area contributed by atoms with E-state index >= 15 is 0 Å². The second-order valence-corrected chi connectivity index (χ2v) is 8.70. The zero-order valence-electron chi connectivity index (χ0n) is 16.6. The van der Waals surface area contributed by atoms with Crippen LogP contribution in [0, 0.1) is 0 Å². The molecule has 0 aliphatic rings. The van der Waals surface area contributed by atoms with Gasteiger partial charge in [0.15, 0.2) is 0 Å². The first-order valence-corrected chi connectivity index (χ1v) is 11.1. The van der Waals surface area contributed by atoms with E-state index in [0.29, 0.717) is 23.0 Å². The molecule has 0 atom stereocenters. The summed E-state index contributed by atoms with van der Waals surface area (Å²) in [5.74, 6) is 0.910. The lowest BCUT2D eigenvalue weighted by Gasteiger charge is -2.27. The Hall–Kier alpha value is -2.92. The molecule has 0 bridgehead atoms. The van der Waals surface area contributed by atoms with E-state index in [1.54, 1.807) is 73.3 Å². The molecule has 0 aliphatic heterocycles. The van der Waals surface area contributed by atoms with Gasteiger partial charge >= 0.3 is 0 Å². The zero-order valence-corrected chi connectivity index (χ0v) is 19.7. The Balaban J connectivity index is 1.50. The summed E-state index contributed by atoms with van der Waals surface area (Å²) in [5.41, 5.74) is 1.06. The average molecular weight is 558 g/mol. The summed E-state index contributed by atoms with van der Waals surface area (Å²) in [4.78, 5) is 16.7. The Morgan fingerprint density at radius 2 is 1.00 bits per heavy atom. The van der Waals surface area contributed by atoms with E-state index in [1.165, 1.54) is 0 Å². The van der Waals surface area contributed by atoms with E-state index in [1.807, 2.05) is 0 Å². The van der Waals surface area contributed by atoms with Crippen molar-refractivity contribution in [2.75, 3.05) is 17.2 Å². The Kier molecular flexibility index (Phi) is 6.75. The fourth-order valence-corrected chi connectivity index (χ4v) is 3.43. The predicted octanol–water partition coefficient (Wildman–Crippen LogP) is 4.51. The van der Waals surface area contributed by atoms with Crippen LogP contribution in [0.1, 0.15) is 11.1 Å². The lowest BCUT2D eigenvalue weighted by molar-refractivity contribution is 0.0173. The van der Waals surface area contributed by atoms with Gasteiger partial charge in [-0.15, -0.1) is 0 Å². The summed E-state index contributed by atoms with van der Waals surface area (Å²) in [5, 5.41) is 27.4. The fourth-order valence-electron chi connectivity index (χ4n) is 3.02. The van der Waals surface area contributed by atoms with Crippen LogP contribution in [0.5, 0.6) is 0 Å². The van der Waals surface area contributed by atoms with Gasteiger partial charge in [-0.05, 0) is 67.3 Å². The summed E-state index contributed by atoms with van der Waals surface area (Å²) in [6.07, 6.45) is 6.59. The predicted molar refractivity (Wildman–Crippen MR) is 129 cm³/mol. The molecule has 2 aromatic carbocycles. The van der Waals surface area contributed by atoms with Crippen molar-refractivity contribution in [3.05, 3.63) is 93.4 Å². The van der Waals surface area contributed by atoms with Crippen molar-refractivity contribution in [3.8, 4) is 0 Å². The van der Waals surface area contributed by atoms with Crippen LogP contribution in [-0.2, 0) is 5.60 Å². The third kappa shape index (κ3) is 5.10. The molecule has 4 aromatic rings. The third-order valence-electron chi connectivity index (χ3n) is 4.71. The molecule has 0 saturated carbocycles. The lowest BCUT2D eigenvalue weighted by Crippen LogP contribution is -2.31. The van der Waals surface area contributed by atoms with E-state index < -0.39 is 12.2 Å². The SMILES string of the molecule is OCC(O)(c1ccc(Nc2ncc(Br)cn2)cc1)c1ccc(Nc2ncc(Br)cn2)cc1. The number of aliphatic hydroxyl groups excluding tert-OH is 1.